The van der Waals surface area contributed by atoms with Crippen molar-refractivity contribution in [2.75, 3.05) is 46.0 Å². The molecular formula is C23H29N3O4. The van der Waals surface area contributed by atoms with Gasteiger partial charge in [0.2, 0.25) is 0 Å². The van der Waals surface area contributed by atoms with Crippen LogP contribution in [0.25, 0.3) is 0 Å². The van der Waals surface area contributed by atoms with E-state index in [2.05, 4.69) is 11.0 Å². The number of piperidine rings is 1. The predicted octanol–water partition coefficient (Wildman–Crippen LogP) is 2.14. The van der Waals surface area contributed by atoms with Crippen LogP contribution in [0, 0.1) is 0 Å². The monoisotopic (exact) mass is 411 g/mol. The number of nitrogens with two attached hydrogens (primary N) is 1. The van der Waals surface area contributed by atoms with Crippen LogP contribution in [0.4, 0.5) is 0 Å². The Morgan fingerprint density at radius 1 is 1.07 bits per heavy atom. The highest BCUT2D eigenvalue weighted by Crippen LogP contribution is 2.46. The van der Waals surface area contributed by atoms with Crippen LogP contribution in [0.2, 0.25) is 0 Å². The Morgan fingerprint density at radius 2 is 1.87 bits per heavy atom. The van der Waals surface area contributed by atoms with Crippen molar-refractivity contribution in [1.29, 1.82) is 0 Å². The maximum absolute atomic E-state index is 13.0. The Kier molecular flexibility index (Phi) is 5.26. The molecule has 7 nitrogen and oxygen atoms in total. The van der Waals surface area contributed by atoms with E-state index in [1.807, 2.05) is 29.2 Å². The van der Waals surface area contributed by atoms with E-state index in [0.717, 1.165) is 62.8 Å². The summed E-state index contributed by atoms with van der Waals surface area (Å²) >= 11 is 0. The summed E-state index contributed by atoms with van der Waals surface area (Å²) in [7, 11) is 0. The van der Waals surface area contributed by atoms with Gasteiger partial charge in [-0.1, -0.05) is 12.1 Å². The summed E-state index contributed by atoms with van der Waals surface area (Å²) in [5, 5.41) is 0. The summed E-state index contributed by atoms with van der Waals surface area (Å²) in [6.45, 7) is 6.63. The fraction of sp³-hybridized carbons (Fsp3) is 0.522. The van der Waals surface area contributed by atoms with E-state index in [1.165, 1.54) is 5.56 Å². The van der Waals surface area contributed by atoms with Gasteiger partial charge in [-0.15, -0.1) is 0 Å². The van der Waals surface area contributed by atoms with Crippen molar-refractivity contribution in [3.63, 3.8) is 0 Å². The number of furan rings is 1. The van der Waals surface area contributed by atoms with Crippen molar-refractivity contribution in [1.82, 2.24) is 9.80 Å². The molecule has 0 aliphatic carbocycles. The van der Waals surface area contributed by atoms with Crippen LogP contribution in [0.3, 0.4) is 0 Å². The lowest BCUT2D eigenvalue weighted by atomic mass is 9.74. The van der Waals surface area contributed by atoms with Gasteiger partial charge in [0.25, 0.3) is 5.91 Å². The number of hydrogen-bond donors (Lipinski definition) is 1. The summed E-state index contributed by atoms with van der Waals surface area (Å²) in [4.78, 5) is 17.2. The van der Waals surface area contributed by atoms with Gasteiger partial charge in [-0.2, -0.15) is 0 Å². The number of benzene rings is 1. The number of hydrogen-bond acceptors (Lipinski definition) is 6. The van der Waals surface area contributed by atoms with E-state index >= 15 is 0 Å². The number of rotatable bonds is 4. The van der Waals surface area contributed by atoms with Gasteiger partial charge < -0.3 is 24.5 Å². The molecule has 2 aromatic rings. The van der Waals surface area contributed by atoms with Crippen LogP contribution in [0.5, 0.6) is 5.75 Å². The van der Waals surface area contributed by atoms with Gasteiger partial charge in [0.05, 0.1) is 26.4 Å². The second-order valence-corrected chi connectivity index (χ2v) is 8.55. The summed E-state index contributed by atoms with van der Waals surface area (Å²) in [5.41, 5.74) is 8.20. The molecule has 2 saturated heterocycles. The Labute approximate surface area is 176 Å². The molecule has 0 atom stereocenters. The third kappa shape index (κ3) is 3.62. The van der Waals surface area contributed by atoms with Crippen LogP contribution in [-0.4, -0.2) is 61.7 Å². The summed E-state index contributed by atoms with van der Waals surface area (Å²) in [6.07, 6.45) is 1.78. The average molecular weight is 412 g/mol. The molecule has 3 aliphatic heterocycles. The minimum absolute atomic E-state index is 0.0120. The molecule has 3 aliphatic rings. The largest absolute Gasteiger partial charge is 0.492 e. The molecule has 0 radical (unpaired) electrons. The third-order valence-electron chi connectivity index (χ3n) is 6.72. The Balaban J connectivity index is 1.23. The zero-order valence-corrected chi connectivity index (χ0v) is 17.3. The molecule has 1 aromatic carbocycles. The third-order valence-corrected chi connectivity index (χ3v) is 6.72. The second-order valence-electron chi connectivity index (χ2n) is 8.55. The Bertz CT molecular complexity index is 911. The number of morpholine rings is 1. The average Bonchev–Trinajstić information content (AvgIpc) is 3.40. The number of carbonyl (C=O) groups is 1. The molecule has 0 saturated carbocycles. The van der Waals surface area contributed by atoms with Crippen molar-refractivity contribution in [3.8, 4) is 5.75 Å². The van der Waals surface area contributed by atoms with Crippen LogP contribution >= 0.6 is 0 Å². The molecule has 5 rings (SSSR count). The highest BCUT2D eigenvalue weighted by Gasteiger charge is 2.44. The van der Waals surface area contributed by atoms with Crippen LogP contribution < -0.4 is 10.5 Å². The number of carbonyl (C=O) groups excluding carboxylic acids is 1. The van der Waals surface area contributed by atoms with Crippen LogP contribution in [0.1, 0.15) is 40.3 Å². The molecule has 160 valence electrons. The summed E-state index contributed by atoms with van der Waals surface area (Å²) < 4.78 is 17.3. The van der Waals surface area contributed by atoms with E-state index in [4.69, 9.17) is 19.6 Å². The van der Waals surface area contributed by atoms with Gasteiger partial charge in [-0.3, -0.25) is 9.69 Å². The van der Waals surface area contributed by atoms with E-state index in [-0.39, 0.29) is 11.3 Å². The molecule has 0 bridgehead atoms. The molecule has 0 unspecified atom stereocenters. The number of fused-ring (bicyclic) bond motifs is 2. The van der Waals surface area contributed by atoms with Crippen molar-refractivity contribution in [3.05, 3.63) is 53.0 Å². The lowest BCUT2D eigenvalue weighted by Gasteiger charge is -2.38. The van der Waals surface area contributed by atoms with E-state index in [9.17, 15) is 4.79 Å². The normalized spacial score (nSPS) is 20.9. The van der Waals surface area contributed by atoms with Crippen LogP contribution in [0.15, 0.2) is 34.7 Å². The smallest absolute Gasteiger partial charge is 0.289 e. The zero-order chi connectivity index (χ0) is 20.6. The molecular weight excluding hydrogens is 382 g/mol. The molecule has 30 heavy (non-hydrogen) atoms. The van der Waals surface area contributed by atoms with Crippen LogP contribution in [-0.2, 0) is 23.2 Å². The predicted molar refractivity (Wildman–Crippen MR) is 111 cm³/mol. The van der Waals surface area contributed by atoms with Crippen molar-refractivity contribution in [2.24, 2.45) is 5.73 Å². The minimum Gasteiger partial charge on any atom is -0.492 e. The highest BCUT2D eigenvalue weighted by atomic mass is 16.5. The number of amides is 1. The highest BCUT2D eigenvalue weighted by molar-refractivity contribution is 5.91. The van der Waals surface area contributed by atoms with Crippen molar-refractivity contribution < 1.29 is 18.7 Å². The molecule has 4 heterocycles. The lowest BCUT2D eigenvalue weighted by Crippen LogP contribution is -2.46. The first-order valence-electron chi connectivity index (χ1n) is 10.8. The van der Waals surface area contributed by atoms with Gasteiger partial charge in [0, 0.05) is 43.7 Å². The Morgan fingerprint density at radius 3 is 2.63 bits per heavy atom. The number of likely N-dealkylation sites (tertiary alicyclic amines) is 1. The van der Waals surface area contributed by atoms with E-state index in [0.29, 0.717) is 32.0 Å². The van der Waals surface area contributed by atoms with Gasteiger partial charge >= 0.3 is 0 Å². The molecule has 7 heteroatoms. The van der Waals surface area contributed by atoms with Gasteiger partial charge in [-0.25, -0.2) is 0 Å². The molecule has 1 spiro atoms. The van der Waals surface area contributed by atoms with E-state index in [1.54, 1.807) is 0 Å². The van der Waals surface area contributed by atoms with Gasteiger partial charge in [-0.05, 0) is 36.6 Å². The first kappa shape index (κ1) is 19.6. The van der Waals surface area contributed by atoms with Gasteiger partial charge in [0.15, 0.2) is 5.76 Å². The molecule has 2 fully saturated rings. The first-order chi connectivity index (χ1) is 14.7. The SMILES string of the molecule is NCc1ccc2c(c1)C1(CCN(C(=O)c3ccc(CN4CCOCC4)o3)CC1)CO2. The van der Waals surface area contributed by atoms with Gasteiger partial charge in [0.1, 0.15) is 11.5 Å². The number of nitrogens with zero attached hydrogens (tertiary/aromatic N) is 2. The molecule has 1 aromatic heterocycles. The Hall–Kier alpha value is -2.35. The topological polar surface area (TPSA) is 81.2 Å². The van der Waals surface area contributed by atoms with Crippen molar-refractivity contribution in [2.45, 2.75) is 31.3 Å². The zero-order valence-electron chi connectivity index (χ0n) is 17.3. The quantitative estimate of drug-likeness (QED) is 0.830. The minimum atomic E-state index is -0.0204. The van der Waals surface area contributed by atoms with E-state index < -0.39 is 0 Å². The fourth-order valence-corrected chi connectivity index (χ4v) is 4.80. The summed E-state index contributed by atoms with van der Waals surface area (Å²) in [6, 6.07) is 9.97. The maximum Gasteiger partial charge on any atom is 0.289 e. The second kappa shape index (κ2) is 8.06. The lowest BCUT2D eigenvalue weighted by molar-refractivity contribution is 0.0308. The molecule has 1 amide bonds. The number of ether oxygens (including phenoxy) is 2. The first-order valence-corrected chi connectivity index (χ1v) is 10.8. The van der Waals surface area contributed by atoms with Crippen molar-refractivity contribution >= 4 is 5.91 Å². The standard InChI is InChI=1S/C23H29N3O4/c24-14-17-1-3-20-19(13-17)23(16-29-20)5-7-26(8-6-23)22(27)21-4-2-18(30-21)15-25-9-11-28-12-10-25/h1-4,13H,5-12,14-16,24H2. The fourth-order valence-electron chi connectivity index (χ4n) is 4.80. The maximum atomic E-state index is 13.0. The summed E-state index contributed by atoms with van der Waals surface area (Å²) in [5.74, 6) is 2.21. The molecule has 2 N–H and O–H groups in total.